The SMILES string of the molecule is CCN(CC(=O)O)Cc1ccnn1CC. The smallest absolute Gasteiger partial charge is 0.317 e. The van der Waals surface area contributed by atoms with Gasteiger partial charge in [0.15, 0.2) is 0 Å². The molecule has 0 aliphatic rings. The van der Waals surface area contributed by atoms with Gasteiger partial charge in [0.05, 0.1) is 12.2 Å². The second-order valence-corrected chi connectivity index (χ2v) is 3.34. The van der Waals surface area contributed by atoms with Gasteiger partial charge in [-0.2, -0.15) is 5.10 Å². The highest BCUT2D eigenvalue weighted by molar-refractivity contribution is 5.69. The monoisotopic (exact) mass is 211 g/mol. The highest BCUT2D eigenvalue weighted by atomic mass is 16.4. The lowest BCUT2D eigenvalue weighted by Gasteiger charge is -2.18. The summed E-state index contributed by atoms with van der Waals surface area (Å²) in [4.78, 5) is 12.5. The molecule has 15 heavy (non-hydrogen) atoms. The van der Waals surface area contributed by atoms with E-state index in [1.54, 1.807) is 6.20 Å². The Morgan fingerprint density at radius 1 is 1.60 bits per heavy atom. The third kappa shape index (κ3) is 3.36. The summed E-state index contributed by atoms with van der Waals surface area (Å²) >= 11 is 0. The van der Waals surface area contributed by atoms with Gasteiger partial charge in [-0.3, -0.25) is 14.4 Å². The summed E-state index contributed by atoms with van der Waals surface area (Å²) in [5.74, 6) is -0.792. The van der Waals surface area contributed by atoms with E-state index >= 15 is 0 Å². The molecule has 5 heteroatoms. The molecule has 5 nitrogen and oxygen atoms in total. The van der Waals surface area contributed by atoms with Crippen molar-refractivity contribution < 1.29 is 9.90 Å². The van der Waals surface area contributed by atoms with Gasteiger partial charge in [-0.1, -0.05) is 6.92 Å². The number of carboxylic acids is 1. The predicted molar refractivity (Wildman–Crippen MR) is 56.5 cm³/mol. The number of hydrogen-bond acceptors (Lipinski definition) is 3. The van der Waals surface area contributed by atoms with E-state index in [0.29, 0.717) is 6.54 Å². The highest BCUT2D eigenvalue weighted by Gasteiger charge is 2.10. The van der Waals surface area contributed by atoms with E-state index in [4.69, 9.17) is 5.11 Å². The van der Waals surface area contributed by atoms with Crippen LogP contribution in [-0.4, -0.2) is 38.8 Å². The molecule has 1 aromatic rings. The van der Waals surface area contributed by atoms with Crippen LogP contribution in [0.4, 0.5) is 0 Å². The van der Waals surface area contributed by atoms with Crippen molar-refractivity contribution in [3.63, 3.8) is 0 Å². The Hall–Kier alpha value is -1.36. The Morgan fingerprint density at radius 2 is 2.33 bits per heavy atom. The van der Waals surface area contributed by atoms with Gasteiger partial charge in [0.25, 0.3) is 0 Å². The van der Waals surface area contributed by atoms with Crippen LogP contribution in [0.25, 0.3) is 0 Å². The highest BCUT2D eigenvalue weighted by Crippen LogP contribution is 2.03. The summed E-state index contributed by atoms with van der Waals surface area (Å²) in [6, 6.07) is 1.92. The Labute approximate surface area is 89.3 Å². The van der Waals surface area contributed by atoms with Gasteiger partial charge < -0.3 is 5.11 Å². The Morgan fingerprint density at radius 3 is 2.87 bits per heavy atom. The molecule has 1 aromatic heterocycles. The van der Waals surface area contributed by atoms with Crippen LogP contribution in [0.5, 0.6) is 0 Å². The third-order valence-corrected chi connectivity index (χ3v) is 2.30. The average molecular weight is 211 g/mol. The van der Waals surface area contributed by atoms with E-state index < -0.39 is 5.97 Å². The number of hydrogen-bond donors (Lipinski definition) is 1. The molecule has 84 valence electrons. The normalized spacial score (nSPS) is 10.9. The fourth-order valence-corrected chi connectivity index (χ4v) is 1.48. The molecule has 1 rings (SSSR count). The zero-order valence-electron chi connectivity index (χ0n) is 9.18. The number of aromatic nitrogens is 2. The van der Waals surface area contributed by atoms with Gasteiger partial charge >= 0.3 is 5.97 Å². The number of carbonyl (C=O) groups is 1. The minimum absolute atomic E-state index is 0.0748. The van der Waals surface area contributed by atoms with Crippen LogP contribution in [0.3, 0.4) is 0 Å². The third-order valence-electron chi connectivity index (χ3n) is 2.30. The summed E-state index contributed by atoms with van der Waals surface area (Å²) in [5.41, 5.74) is 1.06. The number of aliphatic carboxylic acids is 1. The number of nitrogens with zero attached hydrogens (tertiary/aromatic N) is 3. The van der Waals surface area contributed by atoms with E-state index in [2.05, 4.69) is 5.10 Å². The van der Waals surface area contributed by atoms with Crippen LogP contribution >= 0.6 is 0 Å². The molecule has 0 saturated heterocycles. The summed E-state index contributed by atoms with van der Waals surface area (Å²) in [6.07, 6.45) is 1.74. The van der Waals surface area contributed by atoms with Gasteiger partial charge in [0.2, 0.25) is 0 Å². The van der Waals surface area contributed by atoms with Gasteiger partial charge in [0.1, 0.15) is 0 Å². The minimum atomic E-state index is -0.792. The molecule has 0 spiro atoms. The van der Waals surface area contributed by atoms with Crippen LogP contribution in [0.15, 0.2) is 12.3 Å². The molecule has 0 fully saturated rings. The first-order chi connectivity index (χ1) is 7.17. The molecule has 0 saturated carbocycles. The second-order valence-electron chi connectivity index (χ2n) is 3.34. The molecule has 1 N–H and O–H groups in total. The maximum Gasteiger partial charge on any atom is 0.317 e. The lowest BCUT2D eigenvalue weighted by molar-refractivity contribution is -0.138. The second kappa shape index (κ2) is 5.50. The van der Waals surface area contributed by atoms with Crippen molar-refractivity contribution in [3.8, 4) is 0 Å². The predicted octanol–water partition coefficient (Wildman–Crippen LogP) is 0.809. The summed E-state index contributed by atoms with van der Waals surface area (Å²) in [6.45, 7) is 6.22. The molecule has 0 aliphatic heterocycles. The van der Waals surface area contributed by atoms with Crippen molar-refractivity contribution in [1.82, 2.24) is 14.7 Å². The zero-order chi connectivity index (χ0) is 11.3. The molecular weight excluding hydrogens is 194 g/mol. The minimum Gasteiger partial charge on any atom is -0.480 e. The Kier molecular flexibility index (Phi) is 4.30. The van der Waals surface area contributed by atoms with E-state index in [0.717, 1.165) is 18.8 Å². The fourth-order valence-electron chi connectivity index (χ4n) is 1.48. The van der Waals surface area contributed by atoms with Gasteiger partial charge in [0, 0.05) is 19.3 Å². The van der Waals surface area contributed by atoms with Crippen LogP contribution in [0.1, 0.15) is 19.5 Å². The van der Waals surface area contributed by atoms with Crippen LogP contribution in [0.2, 0.25) is 0 Å². The fraction of sp³-hybridized carbons (Fsp3) is 0.600. The first-order valence-electron chi connectivity index (χ1n) is 5.12. The van der Waals surface area contributed by atoms with Crippen molar-refractivity contribution in [3.05, 3.63) is 18.0 Å². The zero-order valence-corrected chi connectivity index (χ0v) is 9.18. The Bertz CT molecular complexity index is 322. The largest absolute Gasteiger partial charge is 0.480 e. The first-order valence-corrected chi connectivity index (χ1v) is 5.12. The molecular formula is C10H17N3O2. The average Bonchev–Trinajstić information content (AvgIpc) is 2.63. The topological polar surface area (TPSA) is 58.4 Å². The van der Waals surface area contributed by atoms with Crippen molar-refractivity contribution in [1.29, 1.82) is 0 Å². The maximum absolute atomic E-state index is 10.6. The van der Waals surface area contributed by atoms with E-state index in [1.165, 1.54) is 0 Å². The molecule has 0 radical (unpaired) electrons. The van der Waals surface area contributed by atoms with E-state index in [-0.39, 0.29) is 6.54 Å². The lowest BCUT2D eigenvalue weighted by Crippen LogP contribution is -2.30. The van der Waals surface area contributed by atoms with Gasteiger partial charge in [-0.15, -0.1) is 0 Å². The molecule has 0 aliphatic carbocycles. The molecule has 0 aromatic carbocycles. The molecule has 0 atom stereocenters. The lowest BCUT2D eigenvalue weighted by atomic mass is 10.3. The maximum atomic E-state index is 10.6. The summed E-state index contributed by atoms with van der Waals surface area (Å²) in [5, 5.41) is 12.8. The Balaban J connectivity index is 2.62. The number of rotatable bonds is 6. The summed E-state index contributed by atoms with van der Waals surface area (Å²) in [7, 11) is 0. The van der Waals surface area contributed by atoms with Crippen molar-refractivity contribution >= 4 is 5.97 Å². The van der Waals surface area contributed by atoms with E-state index in [9.17, 15) is 4.79 Å². The van der Waals surface area contributed by atoms with Crippen LogP contribution < -0.4 is 0 Å². The van der Waals surface area contributed by atoms with Gasteiger partial charge in [-0.05, 0) is 19.5 Å². The van der Waals surface area contributed by atoms with Crippen LogP contribution in [-0.2, 0) is 17.9 Å². The first kappa shape index (κ1) is 11.7. The molecule has 0 amide bonds. The standard InChI is InChI=1S/C10H17N3O2/c1-3-12(8-10(14)15)7-9-5-6-11-13(9)4-2/h5-6H,3-4,7-8H2,1-2H3,(H,14,15). The number of carboxylic acid groups (broad SMARTS) is 1. The molecule has 0 bridgehead atoms. The molecule has 1 heterocycles. The molecule has 0 unspecified atom stereocenters. The van der Waals surface area contributed by atoms with Crippen molar-refractivity contribution in [2.24, 2.45) is 0 Å². The number of likely N-dealkylation sites (N-methyl/N-ethyl adjacent to an activating group) is 1. The van der Waals surface area contributed by atoms with Crippen molar-refractivity contribution in [2.75, 3.05) is 13.1 Å². The van der Waals surface area contributed by atoms with Gasteiger partial charge in [-0.25, -0.2) is 0 Å². The number of aryl methyl sites for hydroxylation is 1. The van der Waals surface area contributed by atoms with Crippen molar-refractivity contribution in [2.45, 2.75) is 26.9 Å². The summed E-state index contributed by atoms with van der Waals surface area (Å²) < 4.78 is 1.88. The quantitative estimate of drug-likeness (QED) is 0.756. The van der Waals surface area contributed by atoms with Crippen LogP contribution in [0, 0.1) is 0 Å². The van der Waals surface area contributed by atoms with E-state index in [1.807, 2.05) is 29.5 Å².